The molecule has 0 bridgehead atoms. The van der Waals surface area contributed by atoms with E-state index in [1.165, 1.54) is 23.5 Å². The van der Waals surface area contributed by atoms with Crippen LogP contribution in [0.25, 0.3) is 10.2 Å². The monoisotopic (exact) mass is 365 g/mol. The molecule has 106 valence electrons. The molecule has 8 heteroatoms. The van der Waals surface area contributed by atoms with Crippen LogP contribution in [0.5, 0.6) is 11.5 Å². The van der Waals surface area contributed by atoms with Gasteiger partial charge in [-0.15, -0.1) is 0 Å². The number of nitrogen functional groups attached to an aromatic ring is 1. The van der Waals surface area contributed by atoms with Gasteiger partial charge in [-0.25, -0.2) is 4.98 Å². The first-order chi connectivity index (χ1) is 10.0. The Hall–Kier alpha value is -2.19. The van der Waals surface area contributed by atoms with Gasteiger partial charge in [0.2, 0.25) is 0 Å². The van der Waals surface area contributed by atoms with Crippen molar-refractivity contribution in [3.8, 4) is 11.5 Å². The molecule has 6 nitrogen and oxygen atoms in total. The second kappa shape index (κ2) is 5.30. The molecule has 2 aromatic carbocycles. The number of thiazole rings is 1. The summed E-state index contributed by atoms with van der Waals surface area (Å²) in [5.41, 5.74) is 6.50. The number of aromatic nitrogens is 1. The zero-order valence-electron chi connectivity index (χ0n) is 10.4. The van der Waals surface area contributed by atoms with Crippen molar-refractivity contribution in [2.24, 2.45) is 0 Å². The first kappa shape index (κ1) is 13.8. The van der Waals surface area contributed by atoms with E-state index in [1.807, 2.05) is 6.07 Å². The minimum absolute atomic E-state index is 0.0224. The highest BCUT2D eigenvalue weighted by Crippen LogP contribution is 2.35. The predicted octanol–water partition coefficient (Wildman–Crippen LogP) is 4.34. The number of nitrogens with two attached hydrogens (primary N) is 1. The summed E-state index contributed by atoms with van der Waals surface area (Å²) < 4.78 is 7.38. The minimum atomic E-state index is -0.452. The summed E-state index contributed by atoms with van der Waals surface area (Å²) >= 11 is 4.79. The smallest absolute Gasteiger partial charge is 0.269 e. The summed E-state index contributed by atoms with van der Waals surface area (Å²) in [4.78, 5) is 14.4. The van der Waals surface area contributed by atoms with Gasteiger partial charge >= 0.3 is 0 Å². The summed E-state index contributed by atoms with van der Waals surface area (Å²) in [5.74, 6) is 1.12. The number of nitrogens with zero attached hydrogens (tertiary/aromatic N) is 2. The number of hydrogen-bond donors (Lipinski definition) is 1. The molecular formula is C13H8BrN3O3S. The van der Waals surface area contributed by atoms with Crippen molar-refractivity contribution in [3.63, 3.8) is 0 Å². The molecule has 0 aliphatic heterocycles. The molecule has 3 aromatic rings. The van der Waals surface area contributed by atoms with Gasteiger partial charge < -0.3 is 10.5 Å². The highest BCUT2D eigenvalue weighted by atomic mass is 79.9. The zero-order chi connectivity index (χ0) is 15.0. The van der Waals surface area contributed by atoms with E-state index in [2.05, 4.69) is 20.9 Å². The maximum atomic E-state index is 10.6. The minimum Gasteiger partial charge on any atom is -0.457 e. The van der Waals surface area contributed by atoms with Crippen LogP contribution in [-0.2, 0) is 0 Å². The van der Waals surface area contributed by atoms with Crippen LogP contribution in [-0.4, -0.2) is 9.91 Å². The molecule has 0 fully saturated rings. The molecule has 0 unspecified atom stereocenters. The van der Waals surface area contributed by atoms with E-state index >= 15 is 0 Å². The Kier molecular flexibility index (Phi) is 3.48. The van der Waals surface area contributed by atoms with E-state index < -0.39 is 4.92 Å². The summed E-state index contributed by atoms with van der Waals surface area (Å²) in [6.45, 7) is 0. The fourth-order valence-corrected chi connectivity index (χ4v) is 3.26. The molecule has 1 heterocycles. The van der Waals surface area contributed by atoms with Gasteiger partial charge in [-0.05, 0) is 34.1 Å². The van der Waals surface area contributed by atoms with Gasteiger partial charge in [0.05, 0.1) is 15.1 Å². The molecule has 0 saturated carbocycles. The lowest BCUT2D eigenvalue weighted by Crippen LogP contribution is -1.88. The molecule has 0 amide bonds. The Morgan fingerprint density at radius 1 is 1.24 bits per heavy atom. The SMILES string of the molecule is Nc1nc2c(Br)cc(Oc3ccc([N+](=O)[O-])cc3)cc2s1. The number of halogens is 1. The zero-order valence-corrected chi connectivity index (χ0v) is 12.8. The van der Waals surface area contributed by atoms with Crippen LogP contribution in [0.4, 0.5) is 10.8 Å². The van der Waals surface area contributed by atoms with E-state index in [4.69, 9.17) is 10.5 Å². The van der Waals surface area contributed by atoms with Gasteiger partial charge in [0, 0.05) is 22.7 Å². The molecule has 0 radical (unpaired) electrons. The number of anilines is 1. The van der Waals surface area contributed by atoms with Crippen molar-refractivity contribution in [2.45, 2.75) is 0 Å². The predicted molar refractivity (Wildman–Crippen MR) is 84.9 cm³/mol. The second-order valence-electron chi connectivity index (χ2n) is 4.16. The average Bonchev–Trinajstić information content (AvgIpc) is 2.80. The molecule has 3 rings (SSSR count). The summed E-state index contributed by atoms with van der Waals surface area (Å²) in [7, 11) is 0. The first-order valence-corrected chi connectivity index (χ1v) is 7.42. The molecule has 21 heavy (non-hydrogen) atoms. The number of ether oxygens (including phenoxy) is 1. The van der Waals surface area contributed by atoms with Crippen LogP contribution in [0.2, 0.25) is 0 Å². The number of benzene rings is 2. The fourth-order valence-electron chi connectivity index (χ4n) is 1.81. The lowest BCUT2D eigenvalue weighted by atomic mass is 10.3. The standard InChI is InChI=1S/C13H8BrN3O3S/c14-10-5-9(6-11-12(10)16-13(15)21-11)20-8-3-1-7(2-4-8)17(18)19/h1-6H,(H2,15,16). The van der Waals surface area contributed by atoms with Crippen molar-refractivity contribution < 1.29 is 9.66 Å². The molecule has 0 atom stereocenters. The van der Waals surface area contributed by atoms with Crippen LogP contribution in [0.15, 0.2) is 40.9 Å². The van der Waals surface area contributed by atoms with Gasteiger partial charge in [0.25, 0.3) is 5.69 Å². The second-order valence-corrected chi connectivity index (χ2v) is 6.07. The van der Waals surface area contributed by atoms with Gasteiger partial charge in [-0.1, -0.05) is 11.3 Å². The molecule has 0 saturated heterocycles. The average molecular weight is 366 g/mol. The van der Waals surface area contributed by atoms with E-state index in [0.717, 1.165) is 14.7 Å². The largest absolute Gasteiger partial charge is 0.457 e. The van der Waals surface area contributed by atoms with E-state index in [0.29, 0.717) is 16.6 Å². The van der Waals surface area contributed by atoms with Gasteiger partial charge in [-0.3, -0.25) is 10.1 Å². The fraction of sp³-hybridized carbons (Fsp3) is 0. The lowest BCUT2D eigenvalue weighted by Gasteiger charge is -2.06. The van der Waals surface area contributed by atoms with E-state index in [9.17, 15) is 10.1 Å². The van der Waals surface area contributed by atoms with Crippen LogP contribution in [0, 0.1) is 10.1 Å². The van der Waals surface area contributed by atoms with Crippen LogP contribution < -0.4 is 10.5 Å². The number of non-ortho nitro benzene ring substituents is 1. The Morgan fingerprint density at radius 2 is 1.95 bits per heavy atom. The first-order valence-electron chi connectivity index (χ1n) is 5.81. The molecule has 0 spiro atoms. The Labute approximate surface area is 131 Å². The summed E-state index contributed by atoms with van der Waals surface area (Å²) in [6.07, 6.45) is 0. The maximum absolute atomic E-state index is 10.6. The molecule has 1 aromatic heterocycles. The van der Waals surface area contributed by atoms with Gasteiger partial charge in [-0.2, -0.15) is 0 Å². The summed E-state index contributed by atoms with van der Waals surface area (Å²) in [5, 5.41) is 11.1. The quantitative estimate of drug-likeness (QED) is 0.550. The van der Waals surface area contributed by atoms with Crippen molar-refractivity contribution >= 4 is 48.3 Å². The highest BCUT2D eigenvalue weighted by molar-refractivity contribution is 9.10. The van der Waals surface area contributed by atoms with Crippen LogP contribution >= 0.6 is 27.3 Å². The van der Waals surface area contributed by atoms with Crippen LogP contribution in [0.1, 0.15) is 0 Å². The van der Waals surface area contributed by atoms with Crippen molar-refractivity contribution in [1.82, 2.24) is 4.98 Å². The number of hydrogen-bond acceptors (Lipinski definition) is 6. The number of nitro groups is 1. The van der Waals surface area contributed by atoms with Crippen LogP contribution in [0.3, 0.4) is 0 Å². The lowest BCUT2D eigenvalue weighted by molar-refractivity contribution is -0.384. The Bertz CT molecular complexity index is 833. The number of fused-ring (bicyclic) bond motifs is 1. The topological polar surface area (TPSA) is 91.3 Å². The molecule has 2 N–H and O–H groups in total. The van der Waals surface area contributed by atoms with Crippen molar-refractivity contribution in [2.75, 3.05) is 5.73 Å². The van der Waals surface area contributed by atoms with E-state index in [1.54, 1.807) is 18.2 Å². The summed E-state index contributed by atoms with van der Waals surface area (Å²) in [6, 6.07) is 9.51. The number of nitro benzene ring substituents is 1. The maximum Gasteiger partial charge on any atom is 0.269 e. The third kappa shape index (κ3) is 2.81. The molecule has 0 aliphatic carbocycles. The van der Waals surface area contributed by atoms with Gasteiger partial charge in [0.15, 0.2) is 5.13 Å². The van der Waals surface area contributed by atoms with Crippen molar-refractivity contribution in [3.05, 3.63) is 51.0 Å². The van der Waals surface area contributed by atoms with E-state index in [-0.39, 0.29) is 5.69 Å². The Morgan fingerprint density at radius 3 is 2.62 bits per heavy atom. The van der Waals surface area contributed by atoms with Gasteiger partial charge in [0.1, 0.15) is 11.5 Å². The third-order valence-corrected chi connectivity index (χ3v) is 4.16. The molecule has 0 aliphatic rings. The Balaban J connectivity index is 1.92. The van der Waals surface area contributed by atoms with Crippen molar-refractivity contribution in [1.29, 1.82) is 0 Å². The number of rotatable bonds is 3. The molecular weight excluding hydrogens is 358 g/mol. The highest BCUT2D eigenvalue weighted by Gasteiger charge is 2.10. The normalized spacial score (nSPS) is 10.7. The third-order valence-electron chi connectivity index (χ3n) is 2.72.